The van der Waals surface area contributed by atoms with Crippen LogP contribution >= 0.6 is 0 Å². The number of hydrogen-bond acceptors (Lipinski definition) is 8. The van der Waals surface area contributed by atoms with Crippen molar-refractivity contribution in [2.45, 2.75) is 31.8 Å². The number of aliphatic hydroxyl groups is 1. The summed E-state index contributed by atoms with van der Waals surface area (Å²) in [7, 11) is 0. The van der Waals surface area contributed by atoms with Gasteiger partial charge in [0.1, 0.15) is 6.07 Å². The van der Waals surface area contributed by atoms with E-state index in [1.54, 1.807) is 6.20 Å². The lowest BCUT2D eigenvalue weighted by atomic mass is 9.96. The predicted octanol–water partition coefficient (Wildman–Crippen LogP) is 2.66. The molecule has 0 bridgehead atoms. The van der Waals surface area contributed by atoms with Crippen LogP contribution in [-0.2, 0) is 11.3 Å². The summed E-state index contributed by atoms with van der Waals surface area (Å²) in [6.07, 6.45) is 1.33. The minimum Gasteiger partial charge on any atom is -0.387 e. The van der Waals surface area contributed by atoms with E-state index in [9.17, 15) is 10.4 Å². The van der Waals surface area contributed by atoms with E-state index in [-0.39, 0.29) is 12.2 Å². The minimum atomic E-state index is -0.503. The van der Waals surface area contributed by atoms with E-state index < -0.39 is 6.10 Å². The highest BCUT2D eigenvalue weighted by Gasteiger charge is 2.31. The molecule has 6 rings (SSSR count). The van der Waals surface area contributed by atoms with Crippen LogP contribution in [0.3, 0.4) is 0 Å². The number of pyridine rings is 1. The van der Waals surface area contributed by atoms with Gasteiger partial charge in [-0.05, 0) is 54.4 Å². The Morgan fingerprint density at radius 3 is 2.81 bits per heavy atom. The zero-order valence-corrected chi connectivity index (χ0v) is 21.3. The number of aromatic nitrogens is 1. The van der Waals surface area contributed by atoms with Crippen LogP contribution < -0.4 is 15.1 Å². The lowest BCUT2D eigenvalue weighted by Crippen LogP contribution is -2.51. The lowest BCUT2D eigenvalue weighted by Gasteiger charge is -2.42. The van der Waals surface area contributed by atoms with E-state index >= 15 is 0 Å². The van der Waals surface area contributed by atoms with Gasteiger partial charge in [-0.1, -0.05) is 6.07 Å². The third-order valence-electron chi connectivity index (χ3n) is 7.79. The van der Waals surface area contributed by atoms with Crippen LogP contribution in [0.4, 0.5) is 11.4 Å². The molecule has 0 spiro atoms. The Morgan fingerprint density at radius 1 is 1.11 bits per heavy atom. The molecule has 1 aromatic heterocycles. The zero-order valence-electron chi connectivity index (χ0n) is 21.3. The summed E-state index contributed by atoms with van der Waals surface area (Å²) in [4.78, 5) is 11.6. The van der Waals surface area contributed by atoms with Crippen molar-refractivity contribution >= 4 is 22.3 Å². The van der Waals surface area contributed by atoms with Crippen molar-refractivity contribution in [3.8, 4) is 6.07 Å². The topological polar surface area (TPSA) is 87.9 Å². The van der Waals surface area contributed by atoms with Crippen LogP contribution in [0.1, 0.15) is 29.7 Å². The standard InChI is InChI=1S/C29H34N6O2/c1-20-15-35(27-7-5-21(14-30)29-25(27)3-2-8-32-29)18-24(37-20)17-33-16-22-4-6-23(13-26(22)28(36)19-33)34-11-9-31-10-12-34/h2-8,13,20,24,28,31,36H,9-12,15-19H2,1H3/t20-,24+,28?/m1/s1. The first kappa shape index (κ1) is 24.1. The number of morpholine rings is 1. The van der Waals surface area contributed by atoms with E-state index in [1.807, 2.05) is 24.3 Å². The quantitative estimate of drug-likeness (QED) is 0.568. The highest BCUT2D eigenvalue weighted by atomic mass is 16.5. The maximum atomic E-state index is 11.1. The number of nitrogens with zero attached hydrogens (tertiary/aromatic N) is 5. The first-order valence-corrected chi connectivity index (χ1v) is 13.3. The summed E-state index contributed by atoms with van der Waals surface area (Å²) in [6, 6.07) is 16.7. The Labute approximate surface area is 218 Å². The van der Waals surface area contributed by atoms with Gasteiger partial charge in [0.2, 0.25) is 0 Å². The number of benzene rings is 2. The first-order valence-electron chi connectivity index (χ1n) is 13.3. The van der Waals surface area contributed by atoms with Crippen molar-refractivity contribution in [2.24, 2.45) is 0 Å². The van der Waals surface area contributed by atoms with E-state index in [4.69, 9.17) is 4.74 Å². The Hall–Kier alpha value is -3.22. The SMILES string of the molecule is C[C@@H]1CN(c2ccc(C#N)c3ncccc23)C[C@H](CN2Cc3ccc(N4CCNCC4)cc3C(O)C2)O1. The van der Waals surface area contributed by atoms with Crippen molar-refractivity contribution in [2.75, 3.05) is 62.2 Å². The molecule has 2 N–H and O–H groups in total. The molecule has 0 radical (unpaired) electrons. The molecule has 37 heavy (non-hydrogen) atoms. The van der Waals surface area contributed by atoms with Gasteiger partial charge in [0.15, 0.2) is 0 Å². The highest BCUT2D eigenvalue weighted by Crippen LogP contribution is 2.33. The first-order chi connectivity index (χ1) is 18.1. The van der Waals surface area contributed by atoms with Crippen molar-refractivity contribution in [3.05, 3.63) is 65.4 Å². The number of β-amino-alcohol motifs (C(OH)–C–C–N with tert-alkyl or cyclic N) is 1. The maximum absolute atomic E-state index is 11.1. The average Bonchev–Trinajstić information content (AvgIpc) is 2.92. The molecule has 1 unspecified atom stereocenters. The molecule has 8 heteroatoms. The summed E-state index contributed by atoms with van der Waals surface area (Å²) in [5, 5.41) is 25.0. The fourth-order valence-electron chi connectivity index (χ4n) is 6.10. The predicted molar refractivity (Wildman–Crippen MR) is 145 cm³/mol. The van der Waals surface area contributed by atoms with Gasteiger partial charge in [0, 0.05) is 81.9 Å². The average molecular weight is 499 g/mol. The molecule has 0 aliphatic carbocycles. The molecule has 3 aromatic rings. The monoisotopic (exact) mass is 498 g/mol. The molecular formula is C29H34N6O2. The Balaban J connectivity index is 1.18. The minimum absolute atomic E-state index is 0.0139. The van der Waals surface area contributed by atoms with Gasteiger partial charge in [0.25, 0.3) is 0 Å². The van der Waals surface area contributed by atoms with Crippen LogP contribution in [0, 0.1) is 11.3 Å². The Morgan fingerprint density at radius 2 is 1.97 bits per heavy atom. The van der Waals surface area contributed by atoms with Crippen LogP contribution in [-0.4, -0.2) is 79.6 Å². The second-order valence-corrected chi connectivity index (χ2v) is 10.4. The van der Waals surface area contributed by atoms with Gasteiger partial charge in [-0.2, -0.15) is 5.26 Å². The van der Waals surface area contributed by atoms with Gasteiger partial charge in [-0.25, -0.2) is 0 Å². The van der Waals surface area contributed by atoms with Gasteiger partial charge in [0.05, 0.1) is 29.4 Å². The van der Waals surface area contributed by atoms with E-state index in [1.165, 1.54) is 11.3 Å². The third kappa shape index (κ3) is 4.88. The summed E-state index contributed by atoms with van der Waals surface area (Å²) >= 11 is 0. The number of piperazine rings is 1. The van der Waals surface area contributed by atoms with Crippen molar-refractivity contribution in [1.82, 2.24) is 15.2 Å². The molecule has 8 nitrogen and oxygen atoms in total. The zero-order chi connectivity index (χ0) is 25.4. The second kappa shape index (κ2) is 10.3. The Kier molecular flexibility index (Phi) is 6.70. The maximum Gasteiger partial charge on any atom is 0.101 e. The van der Waals surface area contributed by atoms with Crippen LogP contribution in [0.5, 0.6) is 0 Å². The van der Waals surface area contributed by atoms with E-state index in [2.05, 4.69) is 56.2 Å². The summed E-state index contributed by atoms with van der Waals surface area (Å²) < 4.78 is 6.37. The van der Waals surface area contributed by atoms with Gasteiger partial charge in [-0.15, -0.1) is 0 Å². The Bertz CT molecular complexity index is 1320. The largest absolute Gasteiger partial charge is 0.387 e. The van der Waals surface area contributed by atoms with Crippen molar-refractivity contribution in [1.29, 1.82) is 5.26 Å². The van der Waals surface area contributed by atoms with Crippen LogP contribution in [0.15, 0.2) is 48.7 Å². The van der Waals surface area contributed by atoms with Crippen molar-refractivity contribution < 1.29 is 9.84 Å². The molecule has 2 saturated heterocycles. The fourth-order valence-corrected chi connectivity index (χ4v) is 6.10. The molecule has 2 aromatic carbocycles. The molecule has 3 aliphatic rings. The number of ether oxygens (including phenoxy) is 1. The molecule has 4 heterocycles. The summed E-state index contributed by atoms with van der Waals surface area (Å²) in [6.45, 7) is 9.82. The molecule has 0 amide bonds. The smallest absolute Gasteiger partial charge is 0.101 e. The lowest BCUT2D eigenvalue weighted by molar-refractivity contribution is -0.0409. The summed E-state index contributed by atoms with van der Waals surface area (Å²) in [5.74, 6) is 0. The molecular weight excluding hydrogens is 464 g/mol. The molecule has 0 saturated carbocycles. The molecule has 3 atom stereocenters. The number of anilines is 2. The highest BCUT2D eigenvalue weighted by molar-refractivity contribution is 5.95. The summed E-state index contributed by atoms with van der Waals surface area (Å²) in [5.41, 5.74) is 5.89. The van der Waals surface area contributed by atoms with Gasteiger partial charge >= 0.3 is 0 Å². The normalized spacial score (nSPS) is 24.6. The molecule has 2 fully saturated rings. The number of nitrogens with one attached hydrogen (secondary N) is 1. The number of nitriles is 1. The van der Waals surface area contributed by atoms with E-state index in [0.717, 1.165) is 74.5 Å². The van der Waals surface area contributed by atoms with Gasteiger partial charge < -0.3 is 25.0 Å². The molecule has 3 aliphatic heterocycles. The molecule has 192 valence electrons. The number of fused-ring (bicyclic) bond motifs is 2. The number of aliphatic hydroxyl groups excluding tert-OH is 1. The third-order valence-corrected chi connectivity index (χ3v) is 7.79. The fraction of sp³-hybridized carbons (Fsp3) is 0.448. The van der Waals surface area contributed by atoms with E-state index in [0.29, 0.717) is 12.1 Å². The second-order valence-electron chi connectivity index (χ2n) is 10.4. The van der Waals surface area contributed by atoms with Crippen molar-refractivity contribution in [3.63, 3.8) is 0 Å². The number of rotatable bonds is 4. The van der Waals surface area contributed by atoms with Crippen LogP contribution in [0.25, 0.3) is 10.9 Å². The van der Waals surface area contributed by atoms with Gasteiger partial charge in [-0.3, -0.25) is 9.88 Å². The number of hydrogen-bond donors (Lipinski definition) is 2. The van der Waals surface area contributed by atoms with Crippen LogP contribution in [0.2, 0.25) is 0 Å².